The van der Waals surface area contributed by atoms with Crippen LogP contribution in [0.25, 0.3) is 0 Å². The summed E-state index contributed by atoms with van der Waals surface area (Å²) in [5.41, 5.74) is 3.60. The van der Waals surface area contributed by atoms with Crippen LogP contribution in [0.15, 0.2) is 47.6 Å². The monoisotopic (exact) mass is 373 g/mol. The second-order valence-electron chi connectivity index (χ2n) is 5.59. The lowest BCUT2D eigenvalue weighted by Crippen LogP contribution is -2.21. The van der Waals surface area contributed by atoms with E-state index >= 15 is 0 Å². The van der Waals surface area contributed by atoms with E-state index in [0.29, 0.717) is 28.5 Å². The molecular formula is C19H20FN3O4. The van der Waals surface area contributed by atoms with Crippen LogP contribution >= 0.6 is 0 Å². The largest absolute Gasteiger partial charge is 0.493 e. The zero-order valence-electron chi connectivity index (χ0n) is 15.2. The fourth-order valence-corrected chi connectivity index (χ4v) is 2.20. The number of nitrogens with one attached hydrogen (secondary N) is 2. The Bertz CT molecular complexity index is 851. The topological polar surface area (TPSA) is 89.0 Å². The van der Waals surface area contributed by atoms with E-state index in [1.165, 1.54) is 44.6 Å². The van der Waals surface area contributed by atoms with Crippen molar-refractivity contribution in [2.75, 3.05) is 19.5 Å². The molecule has 27 heavy (non-hydrogen) atoms. The quantitative estimate of drug-likeness (QED) is 0.577. The number of halogens is 1. The number of methoxy groups -OCH3 is 2. The van der Waals surface area contributed by atoms with E-state index in [2.05, 4.69) is 15.8 Å². The lowest BCUT2D eigenvalue weighted by atomic mass is 10.2. The minimum absolute atomic E-state index is 0.0242. The Morgan fingerprint density at radius 1 is 1.04 bits per heavy atom. The smallest absolute Gasteiger partial charge is 0.271 e. The highest BCUT2D eigenvalue weighted by Gasteiger charge is 2.11. The van der Waals surface area contributed by atoms with Crippen LogP contribution in [0.2, 0.25) is 0 Å². The fourth-order valence-electron chi connectivity index (χ4n) is 2.20. The van der Waals surface area contributed by atoms with Gasteiger partial charge >= 0.3 is 0 Å². The fraction of sp³-hybridized carbons (Fsp3) is 0.211. The summed E-state index contributed by atoms with van der Waals surface area (Å²) in [4.78, 5) is 24.1. The number of carbonyl (C=O) groups is 2. The first-order valence-electron chi connectivity index (χ1n) is 8.04. The number of rotatable bonds is 7. The molecule has 7 nitrogen and oxygen atoms in total. The van der Waals surface area contributed by atoms with Crippen LogP contribution < -0.4 is 20.2 Å². The maximum absolute atomic E-state index is 12.9. The molecule has 0 saturated heterocycles. The summed E-state index contributed by atoms with van der Waals surface area (Å²) in [6.45, 7) is 1.61. The van der Waals surface area contributed by atoms with Crippen molar-refractivity contribution in [3.63, 3.8) is 0 Å². The van der Waals surface area contributed by atoms with Crippen LogP contribution in [0.3, 0.4) is 0 Å². The molecule has 0 aliphatic heterocycles. The predicted octanol–water partition coefficient (Wildman–Crippen LogP) is 2.98. The van der Waals surface area contributed by atoms with Gasteiger partial charge in [-0.2, -0.15) is 5.10 Å². The third kappa shape index (κ3) is 5.81. The van der Waals surface area contributed by atoms with Gasteiger partial charge in [0.05, 0.1) is 20.6 Å². The molecule has 8 heteroatoms. The van der Waals surface area contributed by atoms with Gasteiger partial charge in [0.2, 0.25) is 5.91 Å². The lowest BCUT2D eigenvalue weighted by molar-refractivity contribution is -0.115. The van der Waals surface area contributed by atoms with Gasteiger partial charge in [0, 0.05) is 17.0 Å². The Morgan fingerprint density at radius 3 is 2.33 bits per heavy atom. The highest BCUT2D eigenvalue weighted by Crippen LogP contribution is 2.27. The number of benzene rings is 2. The van der Waals surface area contributed by atoms with Crippen molar-refractivity contribution in [2.45, 2.75) is 13.3 Å². The molecule has 2 aromatic rings. The number of carbonyl (C=O) groups excluding carboxylic acids is 2. The average molecular weight is 373 g/mol. The molecule has 0 aliphatic carbocycles. The highest BCUT2D eigenvalue weighted by atomic mass is 19.1. The normalized spacial score (nSPS) is 10.9. The summed E-state index contributed by atoms with van der Waals surface area (Å²) in [6.07, 6.45) is -0.0242. The number of ether oxygens (including phenoxy) is 2. The van der Waals surface area contributed by atoms with Crippen molar-refractivity contribution in [3.8, 4) is 11.5 Å². The Morgan fingerprint density at radius 2 is 1.70 bits per heavy atom. The van der Waals surface area contributed by atoms with E-state index in [0.717, 1.165) is 0 Å². The van der Waals surface area contributed by atoms with Gasteiger partial charge in [0.1, 0.15) is 5.82 Å². The number of hydrazone groups is 1. The summed E-state index contributed by atoms with van der Waals surface area (Å²) >= 11 is 0. The first kappa shape index (κ1) is 19.9. The van der Waals surface area contributed by atoms with Gasteiger partial charge in [-0.3, -0.25) is 9.59 Å². The molecule has 0 bridgehead atoms. The minimum Gasteiger partial charge on any atom is -0.493 e. The molecule has 0 heterocycles. The molecule has 0 atom stereocenters. The van der Waals surface area contributed by atoms with Crippen molar-refractivity contribution < 1.29 is 23.5 Å². The molecular weight excluding hydrogens is 353 g/mol. The molecule has 0 saturated carbocycles. The molecule has 0 aromatic heterocycles. The van der Waals surface area contributed by atoms with Gasteiger partial charge in [-0.25, -0.2) is 9.82 Å². The van der Waals surface area contributed by atoms with E-state index in [1.54, 1.807) is 19.1 Å². The number of anilines is 1. The molecule has 0 spiro atoms. The summed E-state index contributed by atoms with van der Waals surface area (Å²) < 4.78 is 23.1. The van der Waals surface area contributed by atoms with Crippen LogP contribution in [0.4, 0.5) is 10.1 Å². The molecule has 142 valence electrons. The number of hydrogen-bond acceptors (Lipinski definition) is 5. The van der Waals surface area contributed by atoms with Crippen molar-refractivity contribution in [1.29, 1.82) is 0 Å². The lowest BCUT2D eigenvalue weighted by Gasteiger charge is -2.09. The van der Waals surface area contributed by atoms with E-state index < -0.39 is 5.91 Å². The molecule has 2 rings (SSSR count). The van der Waals surface area contributed by atoms with Crippen LogP contribution in [0.1, 0.15) is 23.7 Å². The molecule has 2 N–H and O–H groups in total. The first-order chi connectivity index (χ1) is 12.9. The zero-order valence-corrected chi connectivity index (χ0v) is 15.2. The number of hydrogen-bond donors (Lipinski definition) is 2. The molecule has 2 amide bonds. The highest BCUT2D eigenvalue weighted by molar-refractivity contribution is 6.06. The third-order valence-corrected chi connectivity index (χ3v) is 3.54. The van der Waals surface area contributed by atoms with Crippen molar-refractivity contribution >= 4 is 23.2 Å². The second kappa shape index (κ2) is 9.33. The number of amides is 2. The maximum atomic E-state index is 12.9. The predicted molar refractivity (Wildman–Crippen MR) is 99.8 cm³/mol. The van der Waals surface area contributed by atoms with Gasteiger partial charge in [-0.15, -0.1) is 0 Å². The van der Waals surface area contributed by atoms with Crippen molar-refractivity contribution in [2.24, 2.45) is 5.10 Å². The Balaban J connectivity index is 1.93. The summed E-state index contributed by atoms with van der Waals surface area (Å²) in [5, 5.41) is 6.54. The summed E-state index contributed by atoms with van der Waals surface area (Å²) in [7, 11) is 2.98. The molecule has 0 fully saturated rings. The number of nitrogens with zero attached hydrogens (tertiary/aromatic N) is 1. The van der Waals surface area contributed by atoms with E-state index in [9.17, 15) is 14.0 Å². The SMILES string of the molecule is COc1ccc(C(=O)N/N=C(\C)CC(=O)Nc2ccc(F)cc2)cc1OC. The van der Waals surface area contributed by atoms with Crippen LogP contribution in [-0.2, 0) is 4.79 Å². The standard InChI is InChI=1S/C19H20FN3O4/c1-12(10-18(24)21-15-7-5-14(20)6-8-15)22-23-19(25)13-4-9-16(26-2)17(11-13)27-3/h4-9,11H,10H2,1-3H3,(H,21,24)(H,23,25)/b22-12+. The first-order valence-corrected chi connectivity index (χ1v) is 8.04. The van der Waals surface area contributed by atoms with Crippen LogP contribution in [0, 0.1) is 5.82 Å². The maximum Gasteiger partial charge on any atom is 0.271 e. The molecule has 0 unspecified atom stereocenters. The molecule has 2 aromatic carbocycles. The van der Waals surface area contributed by atoms with Crippen molar-refractivity contribution in [3.05, 3.63) is 53.8 Å². The Labute approximate surface area is 156 Å². The van der Waals surface area contributed by atoms with Gasteiger partial charge in [-0.1, -0.05) is 0 Å². The van der Waals surface area contributed by atoms with Crippen LogP contribution in [-0.4, -0.2) is 31.7 Å². The van der Waals surface area contributed by atoms with E-state index in [4.69, 9.17) is 9.47 Å². The zero-order chi connectivity index (χ0) is 19.8. The average Bonchev–Trinajstić information content (AvgIpc) is 2.67. The van der Waals surface area contributed by atoms with Gasteiger partial charge < -0.3 is 14.8 Å². The van der Waals surface area contributed by atoms with Gasteiger partial charge in [0.25, 0.3) is 5.91 Å². The Kier molecular flexibility index (Phi) is 6.87. The molecule has 0 aliphatic rings. The molecule has 0 radical (unpaired) electrons. The van der Waals surface area contributed by atoms with Gasteiger partial charge in [0.15, 0.2) is 11.5 Å². The minimum atomic E-state index is -0.450. The summed E-state index contributed by atoms with van der Waals surface area (Å²) in [6, 6.07) is 10.1. The van der Waals surface area contributed by atoms with Gasteiger partial charge in [-0.05, 0) is 49.4 Å². The second-order valence-corrected chi connectivity index (χ2v) is 5.59. The van der Waals surface area contributed by atoms with E-state index in [1.807, 2.05) is 0 Å². The van der Waals surface area contributed by atoms with E-state index in [-0.39, 0.29) is 18.1 Å². The third-order valence-electron chi connectivity index (χ3n) is 3.54. The summed E-state index contributed by atoms with van der Waals surface area (Å²) in [5.74, 6) is -0.239. The van der Waals surface area contributed by atoms with Crippen molar-refractivity contribution in [1.82, 2.24) is 5.43 Å². The Hall–Kier alpha value is -3.42. The van der Waals surface area contributed by atoms with Crippen LogP contribution in [0.5, 0.6) is 11.5 Å².